The molecule has 2 aromatic heterocycles. The van der Waals surface area contributed by atoms with Crippen molar-refractivity contribution in [1.82, 2.24) is 14.3 Å². The fourth-order valence-electron chi connectivity index (χ4n) is 4.64. The van der Waals surface area contributed by atoms with Gasteiger partial charge in [0.1, 0.15) is 17.1 Å². The molecule has 1 aliphatic heterocycles. The Labute approximate surface area is 211 Å². The third-order valence-corrected chi connectivity index (χ3v) is 6.58. The van der Waals surface area contributed by atoms with E-state index in [0.717, 1.165) is 24.8 Å². The van der Waals surface area contributed by atoms with E-state index in [1.807, 2.05) is 60.8 Å². The van der Waals surface area contributed by atoms with Crippen molar-refractivity contribution in [3.63, 3.8) is 0 Å². The van der Waals surface area contributed by atoms with Crippen LogP contribution in [0.5, 0.6) is 5.75 Å². The van der Waals surface area contributed by atoms with Gasteiger partial charge >= 0.3 is 0 Å². The topological polar surface area (TPSA) is 93.4 Å². The van der Waals surface area contributed by atoms with Crippen LogP contribution in [0.2, 0.25) is 0 Å². The molecule has 36 heavy (non-hydrogen) atoms. The Morgan fingerprint density at radius 2 is 1.92 bits per heavy atom. The first-order valence-electron chi connectivity index (χ1n) is 12.3. The number of imidazole rings is 1. The van der Waals surface area contributed by atoms with E-state index in [9.17, 15) is 14.7 Å². The number of unbranched alkanes of at least 4 members (excludes halogenated alkanes) is 2. The lowest BCUT2D eigenvalue weighted by atomic mass is 9.96. The molecule has 0 bridgehead atoms. The van der Waals surface area contributed by atoms with Crippen molar-refractivity contribution >= 4 is 23.1 Å². The van der Waals surface area contributed by atoms with E-state index in [-0.39, 0.29) is 30.2 Å². The first-order valence-corrected chi connectivity index (χ1v) is 12.3. The molecule has 8 nitrogen and oxygen atoms in total. The van der Waals surface area contributed by atoms with Gasteiger partial charge in [0.25, 0.3) is 11.7 Å². The van der Waals surface area contributed by atoms with E-state index in [1.54, 1.807) is 7.11 Å². The predicted octanol–water partition coefficient (Wildman–Crippen LogP) is 4.59. The van der Waals surface area contributed by atoms with Crippen LogP contribution in [0.15, 0.2) is 48.2 Å². The van der Waals surface area contributed by atoms with Gasteiger partial charge in [0.05, 0.1) is 30.5 Å². The van der Waals surface area contributed by atoms with Crippen molar-refractivity contribution in [2.75, 3.05) is 26.9 Å². The summed E-state index contributed by atoms with van der Waals surface area (Å²) in [6.07, 6.45) is 4.98. The number of nitrogens with zero attached hydrogens (tertiary/aromatic N) is 3. The normalized spacial score (nSPS) is 17.3. The maximum absolute atomic E-state index is 13.3. The van der Waals surface area contributed by atoms with Gasteiger partial charge in [-0.25, -0.2) is 4.98 Å². The number of ketones is 1. The minimum atomic E-state index is -0.787. The lowest BCUT2D eigenvalue weighted by molar-refractivity contribution is -0.140. The zero-order chi connectivity index (χ0) is 25.8. The smallest absolute Gasteiger partial charge is 0.295 e. The lowest BCUT2D eigenvalue weighted by Gasteiger charge is -2.25. The number of benzene rings is 1. The number of hydrogen-bond donors (Lipinski definition) is 1. The number of rotatable bonds is 10. The standard InChI is InChI=1S/C28H33N3O5/c1-5-6-7-15-36-21-12-8-11-20(17-21)24-22(26(33)28(34)31(24)14-16-35-4)25(32)23-19(3)30-13-9-10-18(2)27(30)29-23/h8-13,17,24,32H,5-7,14-16H2,1-4H3. The van der Waals surface area contributed by atoms with Crippen LogP contribution in [0.3, 0.4) is 0 Å². The molecular formula is C28H33N3O5. The average Bonchev–Trinajstić information content (AvgIpc) is 3.35. The second-order valence-corrected chi connectivity index (χ2v) is 9.04. The highest BCUT2D eigenvalue weighted by molar-refractivity contribution is 6.46. The molecule has 3 aromatic rings. The molecule has 1 fully saturated rings. The number of pyridine rings is 1. The molecule has 0 saturated carbocycles. The van der Waals surface area contributed by atoms with Crippen molar-refractivity contribution in [2.24, 2.45) is 0 Å². The zero-order valence-corrected chi connectivity index (χ0v) is 21.3. The van der Waals surface area contributed by atoms with Crippen LogP contribution in [0.1, 0.15) is 54.7 Å². The Bertz CT molecular complexity index is 1310. The average molecular weight is 492 g/mol. The van der Waals surface area contributed by atoms with E-state index in [4.69, 9.17) is 9.47 Å². The lowest BCUT2D eigenvalue weighted by Crippen LogP contribution is -2.32. The van der Waals surface area contributed by atoms with E-state index in [1.165, 1.54) is 4.90 Å². The quantitative estimate of drug-likeness (QED) is 0.193. The van der Waals surface area contributed by atoms with Crippen molar-refractivity contribution in [1.29, 1.82) is 0 Å². The molecule has 1 aromatic carbocycles. The van der Waals surface area contributed by atoms with E-state index in [0.29, 0.717) is 29.3 Å². The molecule has 1 saturated heterocycles. The van der Waals surface area contributed by atoms with E-state index < -0.39 is 17.7 Å². The predicted molar refractivity (Wildman–Crippen MR) is 137 cm³/mol. The third-order valence-electron chi connectivity index (χ3n) is 6.58. The largest absolute Gasteiger partial charge is 0.505 e. The molecule has 8 heteroatoms. The molecule has 4 rings (SSSR count). The summed E-state index contributed by atoms with van der Waals surface area (Å²) in [6.45, 7) is 6.93. The van der Waals surface area contributed by atoms with Crippen LogP contribution in [-0.2, 0) is 14.3 Å². The van der Waals surface area contributed by atoms with Crippen LogP contribution in [0.4, 0.5) is 0 Å². The van der Waals surface area contributed by atoms with Gasteiger partial charge in [-0.2, -0.15) is 0 Å². The first-order chi connectivity index (χ1) is 17.4. The highest BCUT2D eigenvalue weighted by Crippen LogP contribution is 2.40. The van der Waals surface area contributed by atoms with Crippen LogP contribution in [-0.4, -0.2) is 57.9 Å². The number of methoxy groups -OCH3 is 1. The molecular weight excluding hydrogens is 458 g/mol. The van der Waals surface area contributed by atoms with Crippen LogP contribution >= 0.6 is 0 Å². The number of Topliss-reactive ketones (excluding diaryl/α,β-unsaturated/α-hetero) is 1. The fraction of sp³-hybridized carbons (Fsp3) is 0.393. The summed E-state index contributed by atoms with van der Waals surface area (Å²) in [6, 6.07) is 10.4. The molecule has 1 atom stereocenters. The number of aromatic nitrogens is 2. The second-order valence-electron chi connectivity index (χ2n) is 9.04. The summed E-state index contributed by atoms with van der Waals surface area (Å²) in [5.41, 5.74) is 3.28. The Morgan fingerprint density at radius 1 is 1.11 bits per heavy atom. The van der Waals surface area contributed by atoms with Gasteiger partial charge < -0.3 is 23.9 Å². The number of carbonyl (C=O) groups excluding carboxylic acids is 2. The number of hydrogen-bond acceptors (Lipinski definition) is 6. The summed E-state index contributed by atoms with van der Waals surface area (Å²) < 4.78 is 13.0. The number of carbonyl (C=O) groups is 2. The van der Waals surface area contributed by atoms with Gasteiger partial charge in [-0.15, -0.1) is 0 Å². The van der Waals surface area contributed by atoms with Gasteiger partial charge in [0.15, 0.2) is 5.76 Å². The van der Waals surface area contributed by atoms with E-state index in [2.05, 4.69) is 11.9 Å². The monoisotopic (exact) mass is 491 g/mol. The summed E-state index contributed by atoms with van der Waals surface area (Å²) in [5.74, 6) is -1.05. The SMILES string of the molecule is CCCCCOc1cccc(C2C(=C(O)c3nc4c(C)cccn4c3C)C(=O)C(=O)N2CCOC)c1. The molecule has 1 amide bonds. The summed E-state index contributed by atoms with van der Waals surface area (Å²) in [7, 11) is 1.54. The van der Waals surface area contributed by atoms with Gasteiger partial charge in [-0.1, -0.05) is 38.0 Å². The number of amides is 1. The van der Waals surface area contributed by atoms with Gasteiger partial charge in [-0.05, 0) is 49.6 Å². The Morgan fingerprint density at radius 3 is 2.64 bits per heavy atom. The summed E-state index contributed by atoms with van der Waals surface area (Å²) in [4.78, 5) is 32.5. The molecule has 0 spiro atoms. The molecule has 1 unspecified atom stereocenters. The van der Waals surface area contributed by atoms with Crippen molar-refractivity contribution < 1.29 is 24.2 Å². The van der Waals surface area contributed by atoms with Gasteiger partial charge in [0.2, 0.25) is 0 Å². The second kappa shape index (κ2) is 11.0. The molecule has 1 aliphatic rings. The van der Waals surface area contributed by atoms with Crippen LogP contribution in [0.25, 0.3) is 11.4 Å². The number of fused-ring (bicyclic) bond motifs is 1. The Balaban J connectivity index is 1.82. The summed E-state index contributed by atoms with van der Waals surface area (Å²) >= 11 is 0. The number of likely N-dealkylation sites (tertiary alicyclic amines) is 1. The van der Waals surface area contributed by atoms with Crippen LogP contribution < -0.4 is 4.74 Å². The molecule has 0 aliphatic carbocycles. The molecule has 3 heterocycles. The van der Waals surface area contributed by atoms with Crippen LogP contribution in [0, 0.1) is 13.8 Å². The third kappa shape index (κ3) is 4.73. The minimum absolute atomic E-state index is 0.0170. The van der Waals surface area contributed by atoms with Crippen molar-refractivity contribution in [3.05, 3.63) is 70.7 Å². The number of aliphatic hydroxyl groups excluding tert-OH is 1. The van der Waals surface area contributed by atoms with Gasteiger partial charge in [0, 0.05) is 19.9 Å². The molecule has 190 valence electrons. The van der Waals surface area contributed by atoms with Gasteiger partial charge in [-0.3, -0.25) is 9.59 Å². The highest BCUT2D eigenvalue weighted by Gasteiger charge is 2.46. The number of aliphatic hydroxyl groups is 1. The maximum Gasteiger partial charge on any atom is 0.295 e. The fourth-order valence-corrected chi connectivity index (χ4v) is 4.64. The highest BCUT2D eigenvalue weighted by atomic mass is 16.5. The number of ether oxygens (including phenoxy) is 2. The minimum Gasteiger partial charge on any atom is -0.505 e. The maximum atomic E-state index is 13.3. The zero-order valence-electron chi connectivity index (χ0n) is 21.3. The van der Waals surface area contributed by atoms with Crippen molar-refractivity contribution in [3.8, 4) is 5.75 Å². The Hall–Kier alpha value is -3.65. The van der Waals surface area contributed by atoms with Crippen molar-refractivity contribution in [2.45, 2.75) is 46.1 Å². The summed E-state index contributed by atoms with van der Waals surface area (Å²) in [5, 5.41) is 11.5. The first kappa shape index (κ1) is 25.4. The Kier molecular flexibility index (Phi) is 7.74. The number of aryl methyl sites for hydroxylation is 2. The molecule has 1 N–H and O–H groups in total. The van der Waals surface area contributed by atoms with E-state index >= 15 is 0 Å². The molecule has 0 radical (unpaired) electrons.